The van der Waals surface area contributed by atoms with Gasteiger partial charge in [-0.3, -0.25) is 0 Å². The third-order valence-corrected chi connectivity index (χ3v) is 3.70. The number of halogens is 1. The van der Waals surface area contributed by atoms with Crippen LogP contribution in [0, 0.1) is 0 Å². The number of rotatable bonds is 6. The van der Waals surface area contributed by atoms with Crippen LogP contribution in [0.1, 0.15) is 31.0 Å². The van der Waals surface area contributed by atoms with Crippen molar-refractivity contribution in [3.05, 3.63) is 52.9 Å². The van der Waals surface area contributed by atoms with E-state index in [2.05, 4.69) is 36.2 Å². The van der Waals surface area contributed by atoms with Crippen molar-refractivity contribution in [1.82, 2.24) is 5.32 Å². The van der Waals surface area contributed by atoms with Crippen molar-refractivity contribution in [3.8, 4) is 0 Å². The van der Waals surface area contributed by atoms with Gasteiger partial charge in [0.2, 0.25) is 0 Å². The lowest BCUT2D eigenvalue weighted by molar-refractivity contribution is 0.563. The van der Waals surface area contributed by atoms with Crippen LogP contribution >= 0.6 is 11.6 Å². The molecule has 1 unspecified atom stereocenters. The second kappa shape index (κ2) is 6.82. The van der Waals surface area contributed by atoms with Gasteiger partial charge in [-0.1, -0.05) is 24.6 Å². The maximum atomic E-state index is 6.42. The summed E-state index contributed by atoms with van der Waals surface area (Å²) >= 11 is 6.42. The zero-order valence-corrected chi connectivity index (χ0v) is 12.9. The van der Waals surface area contributed by atoms with Gasteiger partial charge >= 0.3 is 0 Å². The Morgan fingerprint density at radius 3 is 2.75 bits per heavy atom. The standard InChI is InChI=1S/C16H21ClN2O/c1-4-18-12(2)14-5-6-16(15(17)9-14)19(3)10-13-7-8-20-11-13/h5-9,11-12,18H,4,10H2,1-3H3. The summed E-state index contributed by atoms with van der Waals surface area (Å²) in [7, 11) is 2.03. The molecule has 0 saturated heterocycles. The molecule has 0 bridgehead atoms. The molecule has 108 valence electrons. The van der Waals surface area contributed by atoms with Crippen LogP contribution in [-0.4, -0.2) is 13.6 Å². The number of nitrogens with zero attached hydrogens (tertiary/aromatic N) is 1. The van der Waals surface area contributed by atoms with E-state index in [9.17, 15) is 0 Å². The highest BCUT2D eigenvalue weighted by Gasteiger charge is 2.11. The Kier molecular flexibility index (Phi) is 5.10. The van der Waals surface area contributed by atoms with Crippen LogP contribution in [0.5, 0.6) is 0 Å². The summed E-state index contributed by atoms with van der Waals surface area (Å²) in [5, 5.41) is 4.17. The fraction of sp³-hybridized carbons (Fsp3) is 0.375. The number of benzene rings is 1. The molecular formula is C16H21ClN2O. The first-order valence-corrected chi connectivity index (χ1v) is 7.24. The second-order valence-electron chi connectivity index (χ2n) is 4.98. The van der Waals surface area contributed by atoms with Crippen LogP contribution in [0.2, 0.25) is 5.02 Å². The van der Waals surface area contributed by atoms with Crippen LogP contribution in [0.3, 0.4) is 0 Å². The van der Waals surface area contributed by atoms with Gasteiger partial charge < -0.3 is 14.6 Å². The molecule has 2 aromatic rings. The summed E-state index contributed by atoms with van der Waals surface area (Å²) in [6.07, 6.45) is 3.44. The highest BCUT2D eigenvalue weighted by molar-refractivity contribution is 6.33. The third-order valence-electron chi connectivity index (χ3n) is 3.39. The number of furan rings is 1. The summed E-state index contributed by atoms with van der Waals surface area (Å²) in [5.41, 5.74) is 3.37. The van der Waals surface area contributed by atoms with Crippen LogP contribution in [0.25, 0.3) is 0 Å². The molecule has 0 aliphatic carbocycles. The van der Waals surface area contributed by atoms with E-state index in [-0.39, 0.29) is 0 Å². The average Bonchev–Trinajstić information content (AvgIpc) is 2.91. The van der Waals surface area contributed by atoms with Gasteiger partial charge in [-0.05, 0) is 37.2 Å². The van der Waals surface area contributed by atoms with Crippen LogP contribution in [0.15, 0.2) is 41.2 Å². The summed E-state index contributed by atoms with van der Waals surface area (Å²) in [4.78, 5) is 2.12. The van der Waals surface area contributed by atoms with E-state index < -0.39 is 0 Å². The molecule has 1 aromatic carbocycles. The number of anilines is 1. The molecule has 0 fully saturated rings. The van der Waals surface area contributed by atoms with E-state index in [1.807, 2.05) is 19.2 Å². The van der Waals surface area contributed by atoms with Crippen molar-refractivity contribution in [2.45, 2.75) is 26.4 Å². The van der Waals surface area contributed by atoms with E-state index in [1.54, 1.807) is 12.5 Å². The Hall–Kier alpha value is -1.45. The Bertz CT molecular complexity index is 539. The maximum Gasteiger partial charge on any atom is 0.0952 e. The molecule has 0 aliphatic heterocycles. The zero-order chi connectivity index (χ0) is 14.5. The number of hydrogen-bond acceptors (Lipinski definition) is 3. The van der Waals surface area contributed by atoms with E-state index in [4.69, 9.17) is 16.0 Å². The van der Waals surface area contributed by atoms with Crippen molar-refractivity contribution in [2.24, 2.45) is 0 Å². The Morgan fingerprint density at radius 1 is 1.35 bits per heavy atom. The predicted octanol–water partition coefficient (Wildman–Crippen LogP) is 4.24. The van der Waals surface area contributed by atoms with Gasteiger partial charge in [-0.25, -0.2) is 0 Å². The summed E-state index contributed by atoms with van der Waals surface area (Å²) in [6, 6.07) is 8.51. The Labute approximate surface area is 125 Å². The molecule has 1 N–H and O–H groups in total. The first-order valence-electron chi connectivity index (χ1n) is 6.87. The topological polar surface area (TPSA) is 28.4 Å². The molecular weight excluding hydrogens is 272 g/mol. The first-order chi connectivity index (χ1) is 9.61. The first kappa shape index (κ1) is 14.9. The maximum absolute atomic E-state index is 6.42. The Balaban J connectivity index is 2.12. The van der Waals surface area contributed by atoms with Gasteiger partial charge in [0.25, 0.3) is 0 Å². The second-order valence-corrected chi connectivity index (χ2v) is 5.39. The fourth-order valence-electron chi connectivity index (χ4n) is 2.27. The lowest BCUT2D eigenvalue weighted by atomic mass is 10.1. The molecule has 0 aliphatic rings. The van der Waals surface area contributed by atoms with Gasteiger partial charge in [0.1, 0.15) is 0 Å². The Morgan fingerprint density at radius 2 is 2.15 bits per heavy atom. The lowest BCUT2D eigenvalue weighted by Crippen LogP contribution is -2.19. The van der Waals surface area contributed by atoms with Crippen molar-refractivity contribution in [1.29, 1.82) is 0 Å². The SMILES string of the molecule is CCNC(C)c1ccc(N(C)Cc2ccoc2)c(Cl)c1. The van der Waals surface area contributed by atoms with Gasteiger partial charge in [-0.15, -0.1) is 0 Å². The smallest absolute Gasteiger partial charge is 0.0952 e. The number of nitrogens with one attached hydrogen (secondary N) is 1. The minimum atomic E-state index is 0.311. The molecule has 1 heterocycles. The quantitative estimate of drug-likeness (QED) is 0.863. The average molecular weight is 293 g/mol. The van der Waals surface area contributed by atoms with Crippen molar-refractivity contribution < 1.29 is 4.42 Å². The molecule has 1 atom stereocenters. The van der Waals surface area contributed by atoms with E-state index in [0.29, 0.717) is 6.04 Å². The van der Waals surface area contributed by atoms with Crippen molar-refractivity contribution >= 4 is 17.3 Å². The summed E-state index contributed by atoms with van der Waals surface area (Å²) < 4.78 is 5.09. The normalized spacial score (nSPS) is 12.4. The third kappa shape index (κ3) is 3.56. The van der Waals surface area contributed by atoms with Crippen molar-refractivity contribution in [3.63, 3.8) is 0 Å². The molecule has 0 saturated carbocycles. The van der Waals surface area contributed by atoms with Crippen LogP contribution < -0.4 is 10.2 Å². The summed E-state index contributed by atoms with van der Waals surface area (Å²) in [5.74, 6) is 0. The van der Waals surface area contributed by atoms with Gasteiger partial charge in [0.05, 0.1) is 23.2 Å². The molecule has 0 amide bonds. The minimum Gasteiger partial charge on any atom is -0.472 e. The highest BCUT2D eigenvalue weighted by Crippen LogP contribution is 2.29. The number of hydrogen-bond donors (Lipinski definition) is 1. The molecule has 2 rings (SSSR count). The van der Waals surface area contributed by atoms with Crippen molar-refractivity contribution in [2.75, 3.05) is 18.5 Å². The van der Waals surface area contributed by atoms with Gasteiger partial charge in [0, 0.05) is 25.2 Å². The van der Waals surface area contributed by atoms with E-state index in [0.717, 1.165) is 29.4 Å². The molecule has 20 heavy (non-hydrogen) atoms. The molecule has 0 spiro atoms. The van der Waals surface area contributed by atoms with Gasteiger partial charge in [-0.2, -0.15) is 0 Å². The van der Waals surface area contributed by atoms with Crippen LogP contribution in [-0.2, 0) is 6.54 Å². The zero-order valence-electron chi connectivity index (χ0n) is 12.2. The van der Waals surface area contributed by atoms with Gasteiger partial charge in [0.15, 0.2) is 0 Å². The largest absolute Gasteiger partial charge is 0.472 e. The molecule has 4 heteroatoms. The highest BCUT2D eigenvalue weighted by atomic mass is 35.5. The van der Waals surface area contributed by atoms with E-state index in [1.165, 1.54) is 5.56 Å². The summed E-state index contributed by atoms with van der Waals surface area (Å²) in [6.45, 7) is 5.97. The lowest BCUT2D eigenvalue weighted by Gasteiger charge is -2.21. The molecule has 3 nitrogen and oxygen atoms in total. The minimum absolute atomic E-state index is 0.311. The fourth-order valence-corrected chi connectivity index (χ4v) is 2.60. The van der Waals surface area contributed by atoms with Crippen LogP contribution in [0.4, 0.5) is 5.69 Å². The van der Waals surface area contributed by atoms with E-state index >= 15 is 0 Å². The molecule has 1 aromatic heterocycles. The predicted molar refractivity (Wildman–Crippen MR) is 84.4 cm³/mol. The monoisotopic (exact) mass is 292 g/mol. The molecule has 0 radical (unpaired) electrons.